The average molecular weight is 263 g/mol. The highest BCUT2D eigenvalue weighted by atomic mass is 32.2. The smallest absolute Gasteiger partial charge is 0.296 e. The van der Waals surface area contributed by atoms with Gasteiger partial charge in [0.15, 0.2) is 0 Å². The summed E-state index contributed by atoms with van der Waals surface area (Å²) >= 11 is 1.70. The van der Waals surface area contributed by atoms with Gasteiger partial charge in [-0.1, -0.05) is 0 Å². The van der Waals surface area contributed by atoms with Crippen LogP contribution in [0.2, 0.25) is 0 Å². The van der Waals surface area contributed by atoms with Gasteiger partial charge in [-0.2, -0.15) is 0 Å². The number of rotatable bonds is 3. The maximum Gasteiger partial charge on any atom is 0.296 e. The summed E-state index contributed by atoms with van der Waals surface area (Å²) < 4.78 is 5.56. The molecule has 3 rings (SSSR count). The summed E-state index contributed by atoms with van der Waals surface area (Å²) in [6, 6.07) is 5.46. The highest BCUT2D eigenvalue weighted by Crippen LogP contribution is 2.30. The van der Waals surface area contributed by atoms with Gasteiger partial charge in [0.05, 0.1) is 17.4 Å². The fourth-order valence-corrected chi connectivity index (χ4v) is 3.19. The number of ether oxygens (including phenoxy) is 1. The first-order chi connectivity index (χ1) is 8.74. The van der Waals surface area contributed by atoms with Crippen molar-refractivity contribution in [3.05, 3.63) is 23.8 Å². The van der Waals surface area contributed by atoms with Gasteiger partial charge in [-0.15, -0.1) is 11.8 Å². The first-order valence-corrected chi connectivity index (χ1v) is 6.97. The second-order valence-electron chi connectivity index (χ2n) is 4.44. The number of fused-ring (bicyclic) bond motifs is 1. The number of ketones is 1. The maximum absolute atomic E-state index is 11.4. The van der Waals surface area contributed by atoms with Crippen LogP contribution in [0.3, 0.4) is 0 Å². The topological polar surface area (TPSA) is 55.4 Å². The Bertz CT molecular complexity index is 509. The predicted molar refractivity (Wildman–Crippen MR) is 69.1 cm³/mol. The third kappa shape index (κ3) is 2.15. The fourth-order valence-electron chi connectivity index (χ4n) is 2.18. The molecule has 1 amide bonds. The molecule has 0 aliphatic carbocycles. The first-order valence-electron chi connectivity index (χ1n) is 5.98. The highest BCUT2D eigenvalue weighted by Gasteiger charge is 2.27. The Hall–Kier alpha value is -1.33. The summed E-state index contributed by atoms with van der Waals surface area (Å²) in [6.07, 6.45) is 2.59. The van der Waals surface area contributed by atoms with E-state index in [9.17, 15) is 9.59 Å². The van der Waals surface area contributed by atoms with Gasteiger partial charge in [0, 0.05) is 17.3 Å². The van der Waals surface area contributed by atoms with E-state index >= 15 is 0 Å². The summed E-state index contributed by atoms with van der Waals surface area (Å²) in [4.78, 5) is 23.7. The molecule has 0 aromatic heterocycles. The fraction of sp³-hybridized carbons (Fsp3) is 0.385. The summed E-state index contributed by atoms with van der Waals surface area (Å²) in [6.45, 7) is 0.861. The zero-order valence-electron chi connectivity index (χ0n) is 9.77. The number of benzene rings is 1. The Labute approximate surface area is 109 Å². The Morgan fingerprint density at radius 3 is 3.06 bits per heavy atom. The van der Waals surface area contributed by atoms with Gasteiger partial charge in [0.2, 0.25) is 0 Å². The number of carbonyl (C=O) groups excluding carboxylic acids is 2. The Balaban J connectivity index is 1.69. The van der Waals surface area contributed by atoms with Gasteiger partial charge in [-0.25, -0.2) is 0 Å². The molecule has 2 aliphatic heterocycles. The van der Waals surface area contributed by atoms with Gasteiger partial charge >= 0.3 is 0 Å². The molecule has 1 N–H and O–H groups in total. The van der Waals surface area contributed by atoms with Crippen LogP contribution in [0.1, 0.15) is 23.2 Å². The van der Waals surface area contributed by atoms with E-state index in [1.165, 1.54) is 0 Å². The van der Waals surface area contributed by atoms with Crippen LogP contribution in [-0.2, 0) is 9.53 Å². The number of hydrogen-bond donors (Lipinski definition) is 1. The predicted octanol–water partition coefficient (Wildman–Crippen LogP) is 2.09. The molecule has 1 saturated heterocycles. The molecule has 1 aromatic carbocycles. The molecule has 4 nitrogen and oxygen atoms in total. The van der Waals surface area contributed by atoms with Crippen LogP contribution in [-0.4, -0.2) is 30.2 Å². The monoisotopic (exact) mass is 263 g/mol. The molecular formula is C13H13NO3S. The standard InChI is InChI=1S/C13H13NO3S/c15-12-10-4-3-9(6-11(10)14-13(12)16)18-7-8-2-1-5-17-8/h3-4,6,8H,1-2,5,7H2,(H,14,15,16). The Kier molecular flexibility index (Phi) is 3.09. The van der Waals surface area contributed by atoms with Crippen LogP contribution < -0.4 is 5.32 Å². The average Bonchev–Trinajstić information content (AvgIpc) is 2.97. The lowest BCUT2D eigenvalue weighted by molar-refractivity contribution is -0.112. The second-order valence-corrected chi connectivity index (χ2v) is 5.53. The highest BCUT2D eigenvalue weighted by molar-refractivity contribution is 7.99. The minimum Gasteiger partial charge on any atom is -0.377 e. The van der Waals surface area contributed by atoms with Gasteiger partial charge in [0.1, 0.15) is 0 Å². The van der Waals surface area contributed by atoms with Crippen LogP contribution in [0.25, 0.3) is 0 Å². The molecule has 1 fully saturated rings. The van der Waals surface area contributed by atoms with E-state index < -0.39 is 11.7 Å². The van der Waals surface area contributed by atoms with Gasteiger partial charge in [-0.3, -0.25) is 9.59 Å². The second kappa shape index (κ2) is 4.74. The number of anilines is 1. The van der Waals surface area contributed by atoms with Crippen molar-refractivity contribution >= 4 is 29.1 Å². The summed E-state index contributed by atoms with van der Waals surface area (Å²) in [5.41, 5.74) is 1.10. The third-order valence-corrected chi connectivity index (χ3v) is 4.28. The maximum atomic E-state index is 11.4. The van der Waals surface area contributed by atoms with Crippen molar-refractivity contribution in [3.63, 3.8) is 0 Å². The zero-order valence-corrected chi connectivity index (χ0v) is 10.6. The normalized spacial score (nSPS) is 22.1. The van der Waals surface area contributed by atoms with Crippen molar-refractivity contribution in [2.45, 2.75) is 23.8 Å². The molecule has 94 valence electrons. The molecule has 1 aromatic rings. The molecule has 18 heavy (non-hydrogen) atoms. The molecule has 2 heterocycles. The van der Waals surface area contributed by atoms with E-state index in [1.807, 2.05) is 12.1 Å². The minimum absolute atomic E-state index is 0.333. The molecule has 0 radical (unpaired) electrons. The summed E-state index contributed by atoms with van der Waals surface area (Å²) in [5, 5.41) is 2.58. The van der Waals surface area contributed by atoms with Crippen molar-refractivity contribution in [2.75, 3.05) is 17.7 Å². The number of Topliss-reactive ketones (excluding diaryl/α,β-unsaturated/α-hetero) is 1. The van der Waals surface area contributed by atoms with Crippen molar-refractivity contribution in [3.8, 4) is 0 Å². The van der Waals surface area contributed by atoms with Crippen LogP contribution in [0.15, 0.2) is 23.1 Å². The largest absolute Gasteiger partial charge is 0.377 e. The Morgan fingerprint density at radius 1 is 1.39 bits per heavy atom. The molecule has 1 atom stereocenters. The van der Waals surface area contributed by atoms with Gasteiger partial charge in [-0.05, 0) is 31.0 Å². The van der Waals surface area contributed by atoms with Gasteiger partial charge in [0.25, 0.3) is 11.7 Å². The number of nitrogens with one attached hydrogen (secondary N) is 1. The SMILES string of the molecule is O=C1Nc2cc(SCC3CCCO3)ccc2C1=O. The van der Waals surface area contributed by atoms with Crippen molar-refractivity contribution in [1.82, 2.24) is 0 Å². The molecule has 2 aliphatic rings. The van der Waals surface area contributed by atoms with Gasteiger partial charge < -0.3 is 10.1 Å². The van der Waals surface area contributed by atoms with E-state index in [-0.39, 0.29) is 0 Å². The van der Waals surface area contributed by atoms with Crippen molar-refractivity contribution < 1.29 is 14.3 Å². The van der Waals surface area contributed by atoms with E-state index in [1.54, 1.807) is 17.8 Å². The number of thioether (sulfide) groups is 1. The van der Waals surface area contributed by atoms with Crippen LogP contribution in [0, 0.1) is 0 Å². The van der Waals surface area contributed by atoms with E-state index in [0.717, 1.165) is 30.1 Å². The Morgan fingerprint density at radius 2 is 2.28 bits per heavy atom. The molecule has 5 heteroatoms. The quantitative estimate of drug-likeness (QED) is 0.670. The van der Waals surface area contributed by atoms with E-state index in [0.29, 0.717) is 17.4 Å². The number of carbonyl (C=O) groups is 2. The summed E-state index contributed by atoms with van der Waals surface area (Å²) in [5.74, 6) is -0.0623. The lowest BCUT2D eigenvalue weighted by Gasteiger charge is -2.09. The molecule has 0 bridgehead atoms. The summed E-state index contributed by atoms with van der Waals surface area (Å²) in [7, 11) is 0. The van der Waals surface area contributed by atoms with Crippen molar-refractivity contribution in [1.29, 1.82) is 0 Å². The lowest BCUT2D eigenvalue weighted by Crippen LogP contribution is -2.12. The lowest BCUT2D eigenvalue weighted by atomic mass is 10.1. The van der Waals surface area contributed by atoms with E-state index in [2.05, 4.69) is 5.32 Å². The first kappa shape index (κ1) is 11.7. The van der Waals surface area contributed by atoms with Crippen molar-refractivity contribution in [2.24, 2.45) is 0 Å². The zero-order chi connectivity index (χ0) is 12.5. The third-order valence-electron chi connectivity index (χ3n) is 3.15. The molecule has 0 saturated carbocycles. The van der Waals surface area contributed by atoms with E-state index in [4.69, 9.17) is 4.74 Å². The molecule has 1 unspecified atom stereocenters. The molecule has 0 spiro atoms. The number of amides is 1. The minimum atomic E-state index is -0.536. The van der Waals surface area contributed by atoms with Crippen LogP contribution in [0.4, 0.5) is 5.69 Å². The van der Waals surface area contributed by atoms with Crippen LogP contribution >= 0.6 is 11.8 Å². The van der Waals surface area contributed by atoms with Crippen LogP contribution in [0.5, 0.6) is 0 Å². The molecular weight excluding hydrogens is 250 g/mol. The number of hydrogen-bond acceptors (Lipinski definition) is 4.